The monoisotopic (exact) mass is 452 g/mol. The zero-order valence-electron chi connectivity index (χ0n) is 18.4. The third-order valence-electron chi connectivity index (χ3n) is 4.90. The quantitative estimate of drug-likeness (QED) is 0.162. The molecule has 32 heavy (non-hydrogen) atoms. The summed E-state index contributed by atoms with van der Waals surface area (Å²) in [6.45, 7) is 6.01. The molecule has 2 heterocycles. The molecule has 0 saturated heterocycles. The standard InChI is InChI=1S/C24H25N3O4S/c1-5-31-18-11-9-17(10-12-18)26-23(32)21(27-13-7-6-8-14-27)22(28)20-15(2)19(16(3)25-20)24(29)30-4/h6-14H,5H2,1-4H3,(H2-,25,26,28,29,32)/p+1. The first-order valence-electron chi connectivity index (χ1n) is 10.1. The number of nitrogens with one attached hydrogen (secondary N) is 2. The molecule has 0 atom stereocenters. The van der Waals surface area contributed by atoms with E-state index >= 15 is 0 Å². The molecule has 3 N–H and O–H groups in total. The van der Waals surface area contributed by atoms with E-state index < -0.39 is 5.97 Å². The number of hydrogen-bond donors (Lipinski definition) is 3. The highest BCUT2D eigenvalue weighted by Gasteiger charge is 2.28. The Morgan fingerprint density at radius 2 is 1.81 bits per heavy atom. The molecule has 166 valence electrons. The van der Waals surface area contributed by atoms with Gasteiger partial charge in [-0.2, -0.15) is 4.57 Å². The van der Waals surface area contributed by atoms with Gasteiger partial charge in [-0.05, 0) is 50.6 Å². The second-order valence-electron chi connectivity index (χ2n) is 7.01. The number of anilines is 1. The van der Waals surface area contributed by atoms with Crippen molar-refractivity contribution in [2.75, 3.05) is 19.0 Å². The van der Waals surface area contributed by atoms with Gasteiger partial charge in [-0.1, -0.05) is 18.3 Å². The summed E-state index contributed by atoms with van der Waals surface area (Å²) in [6.07, 6.45) is 3.56. The third kappa shape index (κ3) is 4.81. The van der Waals surface area contributed by atoms with Gasteiger partial charge >= 0.3 is 5.97 Å². The topological polar surface area (TPSA) is 87.5 Å². The molecule has 0 radical (unpaired) electrons. The van der Waals surface area contributed by atoms with Crippen LogP contribution in [0.15, 0.2) is 54.9 Å². The number of hydrogen-bond acceptors (Lipinski definition) is 5. The number of aliphatic hydroxyl groups is 1. The Kier molecular flexibility index (Phi) is 7.27. The van der Waals surface area contributed by atoms with E-state index in [2.05, 4.69) is 10.3 Å². The number of carbonyl (C=O) groups excluding carboxylic acids is 1. The number of aromatic amines is 1. The van der Waals surface area contributed by atoms with Gasteiger partial charge in [-0.3, -0.25) is 0 Å². The van der Waals surface area contributed by atoms with Gasteiger partial charge < -0.3 is 24.9 Å². The Morgan fingerprint density at radius 1 is 1.16 bits per heavy atom. The highest BCUT2D eigenvalue weighted by Crippen LogP contribution is 2.26. The van der Waals surface area contributed by atoms with Gasteiger partial charge in [-0.15, -0.1) is 0 Å². The summed E-state index contributed by atoms with van der Waals surface area (Å²) in [5.74, 6) is 0.188. The first-order chi connectivity index (χ1) is 15.4. The van der Waals surface area contributed by atoms with Crippen molar-refractivity contribution < 1.29 is 23.9 Å². The molecule has 0 aliphatic carbocycles. The zero-order valence-corrected chi connectivity index (χ0v) is 19.2. The number of carbonyl (C=O) groups is 1. The Hall–Kier alpha value is -3.65. The van der Waals surface area contributed by atoms with Crippen LogP contribution in [0.25, 0.3) is 11.5 Å². The molecule has 0 saturated carbocycles. The summed E-state index contributed by atoms with van der Waals surface area (Å²) in [5, 5.41) is 14.5. The molecule has 0 unspecified atom stereocenters. The van der Waals surface area contributed by atoms with Crippen LogP contribution < -0.4 is 14.6 Å². The van der Waals surface area contributed by atoms with Gasteiger partial charge in [0.15, 0.2) is 17.4 Å². The van der Waals surface area contributed by atoms with Crippen molar-refractivity contribution in [1.29, 1.82) is 0 Å². The van der Waals surface area contributed by atoms with Crippen LogP contribution in [0.3, 0.4) is 0 Å². The number of H-pyrrole nitrogens is 1. The summed E-state index contributed by atoms with van der Waals surface area (Å²) in [4.78, 5) is 15.6. The lowest BCUT2D eigenvalue weighted by Crippen LogP contribution is -2.38. The van der Waals surface area contributed by atoms with E-state index in [0.29, 0.717) is 39.8 Å². The van der Waals surface area contributed by atoms with Crippen molar-refractivity contribution in [3.63, 3.8) is 0 Å². The zero-order chi connectivity index (χ0) is 23.3. The molecule has 0 aliphatic heterocycles. The van der Waals surface area contributed by atoms with Crippen molar-refractivity contribution in [2.45, 2.75) is 20.8 Å². The number of aromatic nitrogens is 2. The SMILES string of the molecule is CCOc1ccc(NC(=S)C(=C(O)c2[nH]c(C)c(C(=O)OC)c2C)[n+]2ccccc2)cc1. The summed E-state index contributed by atoms with van der Waals surface area (Å²) in [7, 11) is 1.32. The predicted molar refractivity (Wildman–Crippen MR) is 128 cm³/mol. The van der Waals surface area contributed by atoms with Crippen LogP contribution in [-0.4, -0.2) is 34.8 Å². The van der Waals surface area contributed by atoms with E-state index in [1.807, 2.05) is 49.4 Å². The second-order valence-corrected chi connectivity index (χ2v) is 7.42. The summed E-state index contributed by atoms with van der Waals surface area (Å²) in [5.41, 5.74) is 3.05. The highest BCUT2D eigenvalue weighted by atomic mass is 32.1. The molecule has 8 heteroatoms. The number of thiocarbonyl (C=S) groups is 1. The van der Waals surface area contributed by atoms with Gasteiger partial charge in [-0.25, -0.2) is 4.79 Å². The van der Waals surface area contributed by atoms with E-state index in [4.69, 9.17) is 21.7 Å². The summed E-state index contributed by atoms with van der Waals surface area (Å²) >= 11 is 5.67. The third-order valence-corrected chi connectivity index (χ3v) is 5.20. The summed E-state index contributed by atoms with van der Waals surface area (Å²) in [6, 6.07) is 12.9. The largest absolute Gasteiger partial charge is 0.501 e. The number of benzene rings is 1. The number of methoxy groups -OCH3 is 1. The molecule has 0 amide bonds. The van der Waals surface area contributed by atoms with Crippen LogP contribution in [0.1, 0.15) is 34.2 Å². The van der Waals surface area contributed by atoms with E-state index in [1.54, 1.807) is 30.8 Å². The predicted octanol–water partition coefficient (Wildman–Crippen LogP) is 4.43. The number of esters is 1. The molecule has 3 aromatic rings. The van der Waals surface area contributed by atoms with Crippen molar-refractivity contribution in [1.82, 2.24) is 4.98 Å². The summed E-state index contributed by atoms with van der Waals surface area (Å²) < 4.78 is 12.1. The maximum absolute atomic E-state index is 12.2. The van der Waals surface area contributed by atoms with Crippen LogP contribution in [0.4, 0.5) is 5.69 Å². The average Bonchev–Trinajstić information content (AvgIpc) is 3.09. The minimum atomic E-state index is -0.473. The van der Waals surface area contributed by atoms with Crippen molar-refractivity contribution >= 4 is 40.3 Å². The minimum absolute atomic E-state index is 0.0969. The van der Waals surface area contributed by atoms with Gasteiger partial charge in [0.25, 0.3) is 5.70 Å². The molecule has 7 nitrogen and oxygen atoms in total. The average molecular weight is 453 g/mol. The van der Waals surface area contributed by atoms with Gasteiger partial charge in [0.1, 0.15) is 5.75 Å². The van der Waals surface area contributed by atoms with E-state index in [0.717, 1.165) is 11.4 Å². The maximum Gasteiger partial charge on any atom is 0.339 e. The normalized spacial score (nSPS) is 11.5. The fourth-order valence-corrected chi connectivity index (χ4v) is 3.72. The number of aryl methyl sites for hydroxylation is 1. The number of nitrogens with zero attached hydrogens (tertiary/aromatic N) is 1. The smallest absolute Gasteiger partial charge is 0.339 e. The van der Waals surface area contributed by atoms with Crippen LogP contribution >= 0.6 is 12.2 Å². The lowest BCUT2D eigenvalue weighted by atomic mass is 10.1. The molecular formula is C24H26N3O4S+. The molecule has 2 aromatic heterocycles. The lowest BCUT2D eigenvalue weighted by molar-refractivity contribution is -0.575. The Labute approximate surface area is 192 Å². The van der Waals surface area contributed by atoms with Crippen molar-refractivity contribution in [3.8, 4) is 5.75 Å². The molecule has 0 fully saturated rings. The molecular weight excluding hydrogens is 426 g/mol. The van der Waals surface area contributed by atoms with Crippen LogP contribution in [0, 0.1) is 13.8 Å². The Bertz CT molecular complexity index is 1150. The van der Waals surface area contributed by atoms with Gasteiger partial charge in [0.2, 0.25) is 5.76 Å². The first-order valence-corrected chi connectivity index (χ1v) is 10.5. The highest BCUT2D eigenvalue weighted by molar-refractivity contribution is 7.81. The molecule has 3 rings (SSSR count). The lowest BCUT2D eigenvalue weighted by Gasteiger charge is -2.11. The molecule has 0 aliphatic rings. The van der Waals surface area contributed by atoms with E-state index in [9.17, 15) is 9.90 Å². The Morgan fingerprint density at radius 3 is 2.41 bits per heavy atom. The molecule has 1 aromatic carbocycles. The number of rotatable bonds is 7. The van der Waals surface area contributed by atoms with Crippen LogP contribution in [0.5, 0.6) is 5.75 Å². The first kappa shape index (κ1) is 23.0. The van der Waals surface area contributed by atoms with Crippen molar-refractivity contribution in [2.24, 2.45) is 0 Å². The van der Waals surface area contributed by atoms with Crippen LogP contribution in [-0.2, 0) is 4.74 Å². The second kappa shape index (κ2) is 10.1. The number of aliphatic hydroxyl groups excluding tert-OH is 1. The minimum Gasteiger partial charge on any atom is -0.501 e. The Balaban J connectivity index is 2.06. The molecule has 0 bridgehead atoms. The number of ether oxygens (including phenoxy) is 2. The van der Waals surface area contributed by atoms with Crippen LogP contribution in [0.2, 0.25) is 0 Å². The fraction of sp³-hybridized carbons (Fsp3) is 0.208. The van der Waals surface area contributed by atoms with E-state index in [-0.39, 0.29) is 5.76 Å². The fourth-order valence-electron chi connectivity index (χ4n) is 3.40. The van der Waals surface area contributed by atoms with E-state index in [1.165, 1.54) is 7.11 Å². The van der Waals surface area contributed by atoms with Gasteiger partial charge in [0, 0.05) is 23.5 Å². The number of pyridine rings is 1. The molecule has 0 spiro atoms. The maximum atomic E-state index is 12.2. The van der Waals surface area contributed by atoms with Crippen molar-refractivity contribution in [3.05, 3.63) is 77.4 Å². The van der Waals surface area contributed by atoms with Gasteiger partial charge in [0.05, 0.1) is 25.0 Å².